The molecule has 1 amide bonds. The Bertz CT molecular complexity index is 813. The van der Waals surface area contributed by atoms with Gasteiger partial charge in [0.25, 0.3) is 5.91 Å². The van der Waals surface area contributed by atoms with Gasteiger partial charge in [0.05, 0.1) is 0 Å². The molecule has 0 fully saturated rings. The van der Waals surface area contributed by atoms with Gasteiger partial charge in [-0.2, -0.15) is 0 Å². The second kappa shape index (κ2) is 7.49. The SMILES string of the molecule is C=CCSc1nnc(NC(=O)c2csc(-c3ccccc3)n2)s1. The molecule has 0 unspecified atom stereocenters. The van der Waals surface area contributed by atoms with Crippen LogP contribution in [0.1, 0.15) is 10.5 Å². The first-order valence-corrected chi connectivity index (χ1v) is 9.34. The summed E-state index contributed by atoms with van der Waals surface area (Å²) in [6, 6.07) is 9.77. The molecular weight excluding hydrogens is 348 g/mol. The number of hydrogen-bond acceptors (Lipinski definition) is 7. The molecule has 2 heterocycles. The topological polar surface area (TPSA) is 67.8 Å². The van der Waals surface area contributed by atoms with Gasteiger partial charge in [-0.25, -0.2) is 4.98 Å². The third kappa shape index (κ3) is 4.04. The van der Waals surface area contributed by atoms with Gasteiger partial charge in [0.2, 0.25) is 5.13 Å². The maximum Gasteiger partial charge on any atom is 0.276 e. The van der Waals surface area contributed by atoms with Crippen LogP contribution in [0, 0.1) is 0 Å². The van der Waals surface area contributed by atoms with Gasteiger partial charge in [-0.05, 0) is 0 Å². The second-order valence-corrected chi connectivity index (χ2v) is 7.43. The van der Waals surface area contributed by atoms with Gasteiger partial charge < -0.3 is 0 Å². The smallest absolute Gasteiger partial charge is 0.276 e. The highest BCUT2D eigenvalue weighted by Crippen LogP contribution is 2.27. The van der Waals surface area contributed by atoms with Crippen LogP contribution in [0.15, 0.2) is 52.7 Å². The number of carbonyl (C=O) groups is 1. The van der Waals surface area contributed by atoms with E-state index in [1.54, 1.807) is 11.5 Å². The Balaban J connectivity index is 1.68. The fourth-order valence-electron chi connectivity index (χ4n) is 1.70. The molecule has 0 aliphatic rings. The lowest BCUT2D eigenvalue weighted by Gasteiger charge is -1.97. The van der Waals surface area contributed by atoms with Crippen molar-refractivity contribution in [3.63, 3.8) is 0 Å². The number of carbonyl (C=O) groups excluding carboxylic acids is 1. The minimum atomic E-state index is -0.278. The van der Waals surface area contributed by atoms with Gasteiger partial charge >= 0.3 is 0 Å². The number of aromatic nitrogens is 3. The number of hydrogen-bond donors (Lipinski definition) is 1. The van der Waals surface area contributed by atoms with E-state index in [1.807, 2.05) is 30.3 Å². The molecule has 0 saturated heterocycles. The summed E-state index contributed by atoms with van der Waals surface area (Å²) >= 11 is 4.30. The van der Waals surface area contributed by atoms with Gasteiger partial charge in [-0.1, -0.05) is 59.5 Å². The monoisotopic (exact) mass is 360 g/mol. The standard InChI is InChI=1S/C15H12N4OS3/c1-2-8-21-15-19-18-14(23-15)17-12(20)11-9-22-13(16-11)10-6-4-3-5-7-10/h2-7,9H,1,8H2,(H,17,18,20). The van der Waals surface area contributed by atoms with Gasteiger partial charge in [-0.3, -0.25) is 10.1 Å². The Morgan fingerprint density at radius 3 is 2.91 bits per heavy atom. The van der Waals surface area contributed by atoms with E-state index in [2.05, 4.69) is 27.1 Å². The summed E-state index contributed by atoms with van der Waals surface area (Å²) in [6.45, 7) is 3.66. The van der Waals surface area contributed by atoms with E-state index >= 15 is 0 Å². The maximum atomic E-state index is 12.2. The van der Waals surface area contributed by atoms with Crippen LogP contribution < -0.4 is 5.32 Å². The Labute approximate surface area is 145 Å². The highest BCUT2D eigenvalue weighted by Gasteiger charge is 2.14. The van der Waals surface area contributed by atoms with Crippen molar-refractivity contribution in [2.24, 2.45) is 0 Å². The number of benzene rings is 1. The summed E-state index contributed by atoms with van der Waals surface area (Å²) < 4.78 is 0.795. The van der Waals surface area contributed by atoms with E-state index in [0.717, 1.165) is 20.7 Å². The van der Waals surface area contributed by atoms with Crippen molar-refractivity contribution in [2.45, 2.75) is 4.34 Å². The lowest BCUT2D eigenvalue weighted by atomic mass is 10.2. The minimum Gasteiger partial charge on any atom is -0.295 e. The Kier molecular flexibility index (Phi) is 5.16. The first-order valence-electron chi connectivity index (χ1n) is 6.66. The Hall–Kier alpha value is -2.03. The Morgan fingerprint density at radius 1 is 1.30 bits per heavy atom. The number of thioether (sulfide) groups is 1. The predicted octanol–water partition coefficient (Wildman–Crippen LogP) is 4.19. The van der Waals surface area contributed by atoms with Gasteiger partial charge in [-0.15, -0.1) is 28.1 Å². The maximum absolute atomic E-state index is 12.2. The molecule has 0 spiro atoms. The normalized spacial score (nSPS) is 10.4. The first-order chi connectivity index (χ1) is 11.3. The Morgan fingerprint density at radius 2 is 2.13 bits per heavy atom. The number of nitrogens with one attached hydrogen (secondary N) is 1. The van der Waals surface area contributed by atoms with Crippen LogP contribution in [-0.4, -0.2) is 26.8 Å². The zero-order valence-corrected chi connectivity index (χ0v) is 14.4. The lowest BCUT2D eigenvalue weighted by molar-refractivity contribution is 0.102. The molecule has 0 aliphatic carbocycles. The van der Waals surface area contributed by atoms with E-state index in [0.29, 0.717) is 10.8 Å². The first kappa shape index (κ1) is 15.9. The van der Waals surface area contributed by atoms with Gasteiger partial charge in [0.1, 0.15) is 10.7 Å². The average molecular weight is 360 g/mol. The zero-order chi connectivity index (χ0) is 16.1. The summed E-state index contributed by atoms with van der Waals surface area (Å²) in [4.78, 5) is 16.6. The number of thiazole rings is 1. The van der Waals surface area contributed by atoms with Gasteiger partial charge in [0.15, 0.2) is 4.34 Å². The van der Waals surface area contributed by atoms with Crippen LogP contribution >= 0.6 is 34.4 Å². The number of nitrogens with zero attached hydrogens (tertiary/aromatic N) is 3. The molecule has 0 bridgehead atoms. The minimum absolute atomic E-state index is 0.278. The molecule has 5 nitrogen and oxygen atoms in total. The van der Waals surface area contributed by atoms with Crippen molar-refractivity contribution >= 4 is 45.5 Å². The molecular formula is C15H12N4OS3. The molecule has 2 aromatic heterocycles. The van der Waals surface area contributed by atoms with Crippen molar-refractivity contribution in [3.8, 4) is 10.6 Å². The van der Waals surface area contributed by atoms with Crippen molar-refractivity contribution in [3.05, 3.63) is 54.1 Å². The fraction of sp³-hybridized carbons (Fsp3) is 0.0667. The highest BCUT2D eigenvalue weighted by atomic mass is 32.2. The molecule has 116 valence electrons. The third-order valence-corrected chi connectivity index (χ3v) is 5.57. The van der Waals surface area contributed by atoms with Gasteiger partial charge in [0, 0.05) is 16.7 Å². The summed E-state index contributed by atoms with van der Waals surface area (Å²) in [5.74, 6) is 0.481. The molecule has 23 heavy (non-hydrogen) atoms. The van der Waals surface area contributed by atoms with E-state index in [4.69, 9.17) is 0 Å². The number of amides is 1. The highest BCUT2D eigenvalue weighted by molar-refractivity contribution is 8.01. The molecule has 0 saturated carbocycles. The molecule has 0 atom stereocenters. The largest absolute Gasteiger partial charge is 0.295 e. The quantitative estimate of drug-likeness (QED) is 0.405. The van der Waals surface area contributed by atoms with Crippen molar-refractivity contribution in [1.29, 1.82) is 0 Å². The van der Waals surface area contributed by atoms with Crippen molar-refractivity contribution in [1.82, 2.24) is 15.2 Å². The molecule has 3 rings (SSSR count). The molecule has 8 heteroatoms. The molecule has 0 radical (unpaired) electrons. The van der Waals surface area contributed by atoms with Crippen LogP contribution in [0.3, 0.4) is 0 Å². The van der Waals surface area contributed by atoms with Crippen molar-refractivity contribution < 1.29 is 4.79 Å². The van der Waals surface area contributed by atoms with Crippen molar-refractivity contribution in [2.75, 3.05) is 11.1 Å². The summed E-state index contributed by atoms with van der Waals surface area (Å²) in [5.41, 5.74) is 1.37. The van der Waals surface area contributed by atoms with E-state index in [-0.39, 0.29) is 5.91 Å². The van der Waals surface area contributed by atoms with E-state index < -0.39 is 0 Å². The zero-order valence-electron chi connectivity index (χ0n) is 11.9. The number of rotatable bonds is 6. The van der Waals surface area contributed by atoms with E-state index in [9.17, 15) is 4.79 Å². The summed E-state index contributed by atoms with van der Waals surface area (Å²) in [7, 11) is 0. The van der Waals surface area contributed by atoms with Crippen LogP contribution in [0.25, 0.3) is 10.6 Å². The average Bonchev–Trinajstić information content (AvgIpc) is 3.23. The number of anilines is 1. The summed E-state index contributed by atoms with van der Waals surface area (Å²) in [6.07, 6.45) is 1.80. The van der Waals surface area contributed by atoms with Crippen LogP contribution in [-0.2, 0) is 0 Å². The molecule has 3 aromatic rings. The lowest BCUT2D eigenvalue weighted by Crippen LogP contribution is -2.12. The summed E-state index contributed by atoms with van der Waals surface area (Å²) in [5, 5.41) is 13.7. The third-order valence-electron chi connectivity index (χ3n) is 2.71. The van der Waals surface area contributed by atoms with Crippen LogP contribution in [0.5, 0.6) is 0 Å². The molecule has 1 aromatic carbocycles. The molecule has 1 N–H and O–H groups in total. The fourth-order valence-corrected chi connectivity index (χ4v) is 4.02. The predicted molar refractivity (Wildman–Crippen MR) is 96.3 cm³/mol. The van der Waals surface area contributed by atoms with Crippen LogP contribution in [0.2, 0.25) is 0 Å². The van der Waals surface area contributed by atoms with E-state index in [1.165, 1.54) is 34.4 Å². The molecule has 0 aliphatic heterocycles. The van der Waals surface area contributed by atoms with Crippen LogP contribution in [0.4, 0.5) is 5.13 Å². The second-order valence-electron chi connectivity index (χ2n) is 4.33.